The first-order valence-corrected chi connectivity index (χ1v) is 7.28. The van der Waals surface area contributed by atoms with Crippen LogP contribution in [0.5, 0.6) is 5.75 Å². The van der Waals surface area contributed by atoms with Crippen molar-refractivity contribution in [1.29, 1.82) is 0 Å². The highest BCUT2D eigenvalue weighted by molar-refractivity contribution is 9.10. The van der Waals surface area contributed by atoms with Gasteiger partial charge in [0.2, 0.25) is 0 Å². The number of benzene rings is 2. The number of ether oxygens (including phenoxy) is 1. The molecule has 0 aliphatic rings. The topological polar surface area (TPSA) is 72.5 Å². The van der Waals surface area contributed by atoms with E-state index < -0.39 is 12.0 Å². The second-order valence-corrected chi connectivity index (χ2v) is 5.63. The number of aromatic hydroxyl groups is 1. The van der Waals surface area contributed by atoms with Crippen molar-refractivity contribution >= 4 is 21.9 Å². The van der Waals surface area contributed by atoms with Crippen LogP contribution >= 0.6 is 15.9 Å². The van der Waals surface area contributed by atoms with Crippen molar-refractivity contribution in [3.63, 3.8) is 0 Å². The highest BCUT2D eigenvalue weighted by Crippen LogP contribution is 2.14. The summed E-state index contributed by atoms with van der Waals surface area (Å²) in [6.45, 7) is 0.196. The van der Waals surface area contributed by atoms with Crippen molar-refractivity contribution in [2.75, 3.05) is 0 Å². The van der Waals surface area contributed by atoms with Crippen molar-refractivity contribution in [2.24, 2.45) is 5.73 Å². The molecule has 0 fully saturated rings. The molecule has 0 aliphatic heterocycles. The molecule has 5 heteroatoms. The summed E-state index contributed by atoms with van der Waals surface area (Å²) in [5, 5.41) is 9.21. The van der Waals surface area contributed by atoms with Gasteiger partial charge in [-0.2, -0.15) is 0 Å². The molecule has 0 saturated carbocycles. The molecule has 0 spiro atoms. The Kier molecular flexibility index (Phi) is 5.36. The van der Waals surface area contributed by atoms with E-state index in [0.717, 1.165) is 15.6 Å². The molecule has 2 aromatic carbocycles. The van der Waals surface area contributed by atoms with E-state index >= 15 is 0 Å². The van der Waals surface area contributed by atoms with E-state index in [4.69, 9.17) is 10.5 Å². The Morgan fingerprint density at radius 2 is 1.90 bits per heavy atom. The molecule has 110 valence electrons. The summed E-state index contributed by atoms with van der Waals surface area (Å²) in [5.41, 5.74) is 7.61. The number of phenols is 1. The van der Waals surface area contributed by atoms with Gasteiger partial charge in [0.05, 0.1) is 0 Å². The van der Waals surface area contributed by atoms with Crippen LogP contribution in [0.3, 0.4) is 0 Å². The fourth-order valence-electron chi connectivity index (χ4n) is 1.86. The van der Waals surface area contributed by atoms with Crippen molar-refractivity contribution in [3.8, 4) is 5.75 Å². The molecule has 0 heterocycles. The number of halogens is 1. The molecule has 0 bridgehead atoms. The minimum atomic E-state index is -0.721. The fourth-order valence-corrected chi connectivity index (χ4v) is 2.30. The van der Waals surface area contributed by atoms with E-state index in [9.17, 15) is 9.90 Å². The van der Waals surface area contributed by atoms with Crippen LogP contribution in [0.1, 0.15) is 11.1 Å². The number of phenolic OH excluding ortho intramolecular Hbond substituents is 1. The number of esters is 1. The Hall–Kier alpha value is -1.85. The maximum atomic E-state index is 11.9. The lowest BCUT2D eigenvalue weighted by molar-refractivity contribution is -0.146. The average molecular weight is 350 g/mol. The van der Waals surface area contributed by atoms with Gasteiger partial charge in [-0.3, -0.25) is 4.79 Å². The summed E-state index contributed by atoms with van der Waals surface area (Å²) in [4.78, 5) is 11.9. The molecule has 2 rings (SSSR count). The van der Waals surface area contributed by atoms with Crippen LogP contribution in [-0.2, 0) is 22.6 Å². The molecule has 0 radical (unpaired) electrons. The van der Waals surface area contributed by atoms with Gasteiger partial charge in [0.15, 0.2) is 0 Å². The summed E-state index contributed by atoms with van der Waals surface area (Å²) in [6, 6.07) is 13.4. The van der Waals surface area contributed by atoms with Gasteiger partial charge in [-0.05, 0) is 41.8 Å². The molecule has 0 amide bonds. The van der Waals surface area contributed by atoms with Crippen LogP contribution in [0.25, 0.3) is 0 Å². The molecule has 0 aromatic heterocycles. The Bertz CT molecular complexity index is 613. The lowest BCUT2D eigenvalue weighted by Gasteiger charge is -2.12. The number of hydrogen-bond donors (Lipinski definition) is 2. The third-order valence-corrected chi connectivity index (χ3v) is 3.46. The zero-order chi connectivity index (χ0) is 15.2. The van der Waals surface area contributed by atoms with E-state index in [1.165, 1.54) is 0 Å². The predicted molar refractivity (Wildman–Crippen MR) is 83.7 cm³/mol. The number of hydrogen-bond acceptors (Lipinski definition) is 4. The lowest BCUT2D eigenvalue weighted by Crippen LogP contribution is -2.34. The maximum Gasteiger partial charge on any atom is 0.323 e. The van der Waals surface area contributed by atoms with Crippen LogP contribution in [0.15, 0.2) is 53.0 Å². The van der Waals surface area contributed by atoms with Crippen molar-refractivity contribution in [3.05, 3.63) is 64.1 Å². The zero-order valence-corrected chi connectivity index (χ0v) is 12.9. The van der Waals surface area contributed by atoms with Crippen LogP contribution in [-0.4, -0.2) is 17.1 Å². The van der Waals surface area contributed by atoms with Crippen LogP contribution in [0.4, 0.5) is 0 Å². The van der Waals surface area contributed by atoms with Crippen LogP contribution in [0.2, 0.25) is 0 Å². The van der Waals surface area contributed by atoms with Gasteiger partial charge in [-0.25, -0.2) is 0 Å². The van der Waals surface area contributed by atoms with Crippen molar-refractivity contribution in [1.82, 2.24) is 0 Å². The number of rotatable bonds is 5. The molecule has 0 saturated heterocycles. The third kappa shape index (κ3) is 4.88. The number of carbonyl (C=O) groups excluding carboxylic acids is 1. The molecule has 21 heavy (non-hydrogen) atoms. The normalized spacial score (nSPS) is 11.9. The Labute approximate surface area is 131 Å². The molecular formula is C16H16BrNO3. The zero-order valence-electron chi connectivity index (χ0n) is 11.3. The smallest absolute Gasteiger partial charge is 0.323 e. The summed E-state index contributed by atoms with van der Waals surface area (Å²) >= 11 is 3.36. The monoisotopic (exact) mass is 349 g/mol. The average Bonchev–Trinajstić information content (AvgIpc) is 2.47. The molecular weight excluding hydrogens is 334 g/mol. The number of nitrogens with two attached hydrogens (primary N) is 1. The Morgan fingerprint density at radius 1 is 1.19 bits per heavy atom. The maximum absolute atomic E-state index is 11.9. The predicted octanol–water partition coefficient (Wildman–Crippen LogP) is 2.77. The summed E-state index contributed by atoms with van der Waals surface area (Å²) < 4.78 is 6.14. The van der Waals surface area contributed by atoms with Crippen LogP contribution in [0, 0.1) is 0 Å². The Balaban J connectivity index is 1.86. The first kappa shape index (κ1) is 15.5. The fraction of sp³-hybridized carbons (Fsp3) is 0.188. The van der Waals surface area contributed by atoms with Gasteiger partial charge in [-0.1, -0.05) is 40.2 Å². The minimum Gasteiger partial charge on any atom is -0.508 e. The van der Waals surface area contributed by atoms with Gasteiger partial charge in [0.25, 0.3) is 0 Å². The summed E-state index contributed by atoms with van der Waals surface area (Å²) in [5.74, 6) is -0.257. The molecule has 0 aliphatic carbocycles. The van der Waals surface area contributed by atoms with Gasteiger partial charge >= 0.3 is 5.97 Å². The minimum absolute atomic E-state index is 0.185. The lowest BCUT2D eigenvalue weighted by atomic mass is 10.1. The SMILES string of the molecule is N[C@H](Cc1ccc(O)cc1)C(=O)OCc1cccc(Br)c1. The number of carbonyl (C=O) groups is 1. The van der Waals surface area contributed by atoms with E-state index in [2.05, 4.69) is 15.9 Å². The van der Waals surface area contributed by atoms with Gasteiger partial charge < -0.3 is 15.6 Å². The largest absolute Gasteiger partial charge is 0.508 e. The molecule has 4 nitrogen and oxygen atoms in total. The molecule has 1 atom stereocenters. The highest BCUT2D eigenvalue weighted by atomic mass is 79.9. The highest BCUT2D eigenvalue weighted by Gasteiger charge is 2.15. The first-order chi connectivity index (χ1) is 10.0. The summed E-state index contributed by atoms with van der Waals surface area (Å²) in [7, 11) is 0. The summed E-state index contributed by atoms with van der Waals surface area (Å²) in [6.07, 6.45) is 0.373. The van der Waals surface area contributed by atoms with E-state index in [1.807, 2.05) is 24.3 Å². The Morgan fingerprint density at radius 3 is 2.57 bits per heavy atom. The van der Waals surface area contributed by atoms with Gasteiger partial charge in [0, 0.05) is 4.47 Å². The van der Waals surface area contributed by atoms with Crippen LogP contribution < -0.4 is 5.73 Å². The quantitative estimate of drug-likeness (QED) is 0.814. The second kappa shape index (κ2) is 7.24. The third-order valence-electron chi connectivity index (χ3n) is 2.96. The van der Waals surface area contributed by atoms with E-state index in [1.54, 1.807) is 24.3 Å². The van der Waals surface area contributed by atoms with Crippen molar-refractivity contribution < 1.29 is 14.6 Å². The van der Waals surface area contributed by atoms with E-state index in [0.29, 0.717) is 6.42 Å². The van der Waals surface area contributed by atoms with Crippen molar-refractivity contribution in [2.45, 2.75) is 19.1 Å². The standard InChI is InChI=1S/C16H16BrNO3/c17-13-3-1-2-12(8-13)10-21-16(20)15(18)9-11-4-6-14(19)7-5-11/h1-8,15,19H,9-10,18H2/t15-/m1/s1. The molecule has 2 aromatic rings. The van der Waals surface area contributed by atoms with Gasteiger partial charge in [0.1, 0.15) is 18.4 Å². The second-order valence-electron chi connectivity index (χ2n) is 4.71. The van der Waals surface area contributed by atoms with E-state index in [-0.39, 0.29) is 12.4 Å². The molecule has 0 unspecified atom stereocenters. The molecule has 3 N–H and O–H groups in total. The van der Waals surface area contributed by atoms with Gasteiger partial charge in [-0.15, -0.1) is 0 Å². The first-order valence-electron chi connectivity index (χ1n) is 6.49.